The zero-order chi connectivity index (χ0) is 17.9. The monoisotopic (exact) mass is 367 g/mol. The summed E-state index contributed by atoms with van der Waals surface area (Å²) in [6, 6.07) is 9.57. The van der Waals surface area contributed by atoms with Gasteiger partial charge in [0.15, 0.2) is 6.61 Å². The predicted molar refractivity (Wildman–Crippen MR) is 102 cm³/mol. The Morgan fingerprint density at radius 1 is 1.38 bits per heavy atom. The number of hydrogen-bond acceptors (Lipinski definition) is 5. The second-order valence-corrected chi connectivity index (χ2v) is 6.44. The second-order valence-electron chi connectivity index (χ2n) is 5.61. The van der Waals surface area contributed by atoms with Crippen LogP contribution in [0.2, 0.25) is 0 Å². The molecule has 0 aliphatic carbocycles. The quantitative estimate of drug-likeness (QED) is 0.695. The SMILES string of the molecule is CCN=c1scc(-c2ccc3c(c2)NC(=O)CO3)n1N=Cc1ccc[nH]1. The van der Waals surface area contributed by atoms with E-state index in [1.54, 1.807) is 6.21 Å². The van der Waals surface area contributed by atoms with Crippen molar-refractivity contribution in [3.8, 4) is 17.0 Å². The molecule has 1 aliphatic heterocycles. The summed E-state index contributed by atoms with van der Waals surface area (Å²) in [7, 11) is 0. The van der Waals surface area contributed by atoms with Crippen molar-refractivity contribution in [2.24, 2.45) is 10.1 Å². The van der Waals surface area contributed by atoms with Crippen LogP contribution in [0.4, 0.5) is 5.69 Å². The van der Waals surface area contributed by atoms with E-state index in [0.717, 1.165) is 21.8 Å². The molecule has 0 atom stereocenters. The van der Waals surface area contributed by atoms with E-state index in [2.05, 4.69) is 20.4 Å². The Morgan fingerprint density at radius 2 is 2.31 bits per heavy atom. The molecule has 8 heteroatoms. The Bertz CT molecular complexity index is 1030. The molecule has 0 unspecified atom stereocenters. The number of carbonyl (C=O) groups excluding carboxylic acids is 1. The van der Waals surface area contributed by atoms with Crippen LogP contribution in [0.3, 0.4) is 0 Å². The number of aromatic amines is 1. The third-order valence-corrected chi connectivity index (χ3v) is 4.68. The Morgan fingerprint density at radius 3 is 3.12 bits per heavy atom. The van der Waals surface area contributed by atoms with Crippen LogP contribution in [-0.2, 0) is 4.79 Å². The fraction of sp³-hybridized carbons (Fsp3) is 0.167. The highest BCUT2D eigenvalue weighted by Gasteiger charge is 2.17. The molecular weight excluding hydrogens is 350 g/mol. The van der Waals surface area contributed by atoms with E-state index < -0.39 is 0 Å². The lowest BCUT2D eigenvalue weighted by molar-refractivity contribution is -0.118. The highest BCUT2D eigenvalue weighted by molar-refractivity contribution is 7.07. The van der Waals surface area contributed by atoms with E-state index in [-0.39, 0.29) is 12.5 Å². The Labute approximate surface area is 153 Å². The highest BCUT2D eigenvalue weighted by atomic mass is 32.1. The summed E-state index contributed by atoms with van der Waals surface area (Å²) >= 11 is 1.52. The van der Waals surface area contributed by atoms with Gasteiger partial charge in [-0.25, -0.2) is 4.68 Å². The number of ether oxygens (including phenoxy) is 1. The van der Waals surface area contributed by atoms with Crippen molar-refractivity contribution in [1.29, 1.82) is 0 Å². The first kappa shape index (κ1) is 16.3. The second kappa shape index (κ2) is 7.01. The molecule has 0 spiro atoms. The number of anilines is 1. The molecule has 0 fully saturated rings. The summed E-state index contributed by atoms with van der Waals surface area (Å²) in [4.78, 5) is 20.0. The van der Waals surface area contributed by atoms with E-state index in [1.165, 1.54) is 11.3 Å². The first-order valence-electron chi connectivity index (χ1n) is 8.20. The first-order chi connectivity index (χ1) is 12.7. The van der Waals surface area contributed by atoms with E-state index in [9.17, 15) is 4.79 Å². The summed E-state index contributed by atoms with van der Waals surface area (Å²) in [6.45, 7) is 2.71. The molecule has 26 heavy (non-hydrogen) atoms. The predicted octanol–water partition coefficient (Wildman–Crippen LogP) is 2.68. The molecule has 0 saturated heterocycles. The minimum atomic E-state index is -0.153. The number of hydrogen-bond donors (Lipinski definition) is 2. The van der Waals surface area contributed by atoms with Crippen molar-refractivity contribution in [1.82, 2.24) is 9.66 Å². The highest BCUT2D eigenvalue weighted by Crippen LogP contribution is 2.32. The molecule has 0 saturated carbocycles. The normalized spacial score (nSPS) is 14.3. The van der Waals surface area contributed by atoms with Gasteiger partial charge in [0.1, 0.15) is 5.75 Å². The topological polar surface area (TPSA) is 83.8 Å². The largest absolute Gasteiger partial charge is 0.482 e. The average Bonchev–Trinajstić information content (AvgIpc) is 3.29. The van der Waals surface area contributed by atoms with Gasteiger partial charge in [-0.3, -0.25) is 9.79 Å². The number of aromatic nitrogens is 2. The lowest BCUT2D eigenvalue weighted by Crippen LogP contribution is -2.25. The number of rotatable bonds is 4. The summed E-state index contributed by atoms with van der Waals surface area (Å²) in [5.41, 5.74) is 3.39. The molecule has 132 valence electrons. The van der Waals surface area contributed by atoms with Crippen LogP contribution in [0.15, 0.2) is 52.0 Å². The smallest absolute Gasteiger partial charge is 0.262 e. The van der Waals surface area contributed by atoms with Crippen molar-refractivity contribution < 1.29 is 9.53 Å². The lowest BCUT2D eigenvalue weighted by atomic mass is 10.1. The van der Waals surface area contributed by atoms with Crippen LogP contribution >= 0.6 is 11.3 Å². The van der Waals surface area contributed by atoms with Gasteiger partial charge in [-0.05, 0) is 37.3 Å². The zero-order valence-electron chi connectivity index (χ0n) is 14.1. The fourth-order valence-electron chi connectivity index (χ4n) is 2.64. The number of H-pyrrole nitrogens is 1. The van der Waals surface area contributed by atoms with Crippen LogP contribution in [0, 0.1) is 0 Å². The third kappa shape index (κ3) is 3.18. The van der Waals surface area contributed by atoms with Gasteiger partial charge in [0, 0.05) is 23.7 Å². The molecule has 1 aromatic carbocycles. The maximum Gasteiger partial charge on any atom is 0.262 e. The van der Waals surface area contributed by atoms with Gasteiger partial charge in [-0.15, -0.1) is 11.3 Å². The molecule has 0 bridgehead atoms. The van der Waals surface area contributed by atoms with Gasteiger partial charge >= 0.3 is 0 Å². The molecule has 3 aromatic rings. The van der Waals surface area contributed by atoms with Gasteiger partial charge in [-0.2, -0.15) is 5.10 Å². The molecular formula is C18H17N5O2S. The van der Waals surface area contributed by atoms with Crippen molar-refractivity contribution in [2.45, 2.75) is 6.92 Å². The van der Waals surface area contributed by atoms with E-state index in [1.807, 2.05) is 53.5 Å². The van der Waals surface area contributed by atoms with Crippen molar-refractivity contribution in [3.63, 3.8) is 0 Å². The van der Waals surface area contributed by atoms with Gasteiger partial charge in [-0.1, -0.05) is 0 Å². The van der Waals surface area contributed by atoms with Crippen LogP contribution < -0.4 is 14.9 Å². The average molecular weight is 367 g/mol. The molecule has 0 radical (unpaired) electrons. The van der Waals surface area contributed by atoms with Gasteiger partial charge < -0.3 is 15.0 Å². The van der Waals surface area contributed by atoms with Gasteiger partial charge in [0.05, 0.1) is 23.3 Å². The van der Waals surface area contributed by atoms with Crippen molar-refractivity contribution in [2.75, 3.05) is 18.5 Å². The molecule has 7 nitrogen and oxygen atoms in total. The Kier molecular flexibility index (Phi) is 4.40. The van der Waals surface area contributed by atoms with Crippen molar-refractivity contribution >= 4 is 29.1 Å². The molecule has 2 aromatic heterocycles. The van der Waals surface area contributed by atoms with E-state index in [4.69, 9.17) is 4.74 Å². The molecule has 1 aliphatic rings. The molecule has 4 rings (SSSR count). The summed E-state index contributed by atoms with van der Waals surface area (Å²) in [5, 5.41) is 9.44. The number of amides is 1. The van der Waals surface area contributed by atoms with E-state index in [0.29, 0.717) is 18.0 Å². The number of benzene rings is 1. The number of carbonyl (C=O) groups is 1. The lowest BCUT2D eigenvalue weighted by Gasteiger charge is -2.18. The number of fused-ring (bicyclic) bond motifs is 1. The maximum atomic E-state index is 11.6. The third-order valence-electron chi connectivity index (χ3n) is 3.82. The minimum absolute atomic E-state index is 0.0464. The summed E-state index contributed by atoms with van der Waals surface area (Å²) < 4.78 is 7.24. The van der Waals surface area contributed by atoms with Crippen LogP contribution in [-0.4, -0.2) is 34.9 Å². The van der Waals surface area contributed by atoms with Gasteiger partial charge in [0.25, 0.3) is 5.91 Å². The number of thiazole rings is 1. The van der Waals surface area contributed by atoms with Gasteiger partial charge in [0.2, 0.25) is 4.80 Å². The Balaban J connectivity index is 1.78. The minimum Gasteiger partial charge on any atom is -0.482 e. The molecule has 2 N–H and O–H groups in total. The summed E-state index contributed by atoms with van der Waals surface area (Å²) in [5.74, 6) is 0.516. The number of nitrogens with zero attached hydrogens (tertiary/aromatic N) is 3. The fourth-order valence-corrected chi connectivity index (χ4v) is 3.54. The van der Waals surface area contributed by atoms with Crippen LogP contribution in [0.1, 0.15) is 12.6 Å². The maximum absolute atomic E-state index is 11.6. The molecule has 1 amide bonds. The summed E-state index contributed by atoms with van der Waals surface area (Å²) in [6.07, 6.45) is 3.61. The standard InChI is InChI=1S/C18H17N5O2S/c1-2-19-18-23(21-9-13-4-3-7-20-13)15(11-26-18)12-5-6-16-14(8-12)22-17(24)10-25-16/h3-9,11,20H,2,10H2,1H3,(H,22,24). The Hall–Kier alpha value is -3.13. The van der Waals surface area contributed by atoms with Crippen LogP contribution in [0.5, 0.6) is 5.75 Å². The number of nitrogens with one attached hydrogen (secondary N) is 2. The van der Waals surface area contributed by atoms with Crippen molar-refractivity contribution in [3.05, 3.63) is 52.4 Å². The van der Waals surface area contributed by atoms with E-state index >= 15 is 0 Å². The first-order valence-corrected chi connectivity index (χ1v) is 9.08. The molecule has 3 heterocycles. The van der Waals surface area contributed by atoms with Crippen LogP contribution in [0.25, 0.3) is 11.3 Å². The zero-order valence-corrected chi connectivity index (χ0v) is 14.9.